The number of pyridine rings is 1. The van der Waals surface area contributed by atoms with E-state index in [0.717, 1.165) is 25.1 Å². The van der Waals surface area contributed by atoms with Gasteiger partial charge in [-0.1, -0.05) is 12.2 Å². The number of rotatable bonds is 3. The highest BCUT2D eigenvalue weighted by Crippen LogP contribution is 2.21. The fourth-order valence-corrected chi connectivity index (χ4v) is 2.25. The monoisotopic (exact) mass is 251 g/mol. The van der Waals surface area contributed by atoms with Crippen molar-refractivity contribution in [2.24, 2.45) is 5.73 Å². The van der Waals surface area contributed by atoms with Crippen LogP contribution in [0.5, 0.6) is 0 Å². The molecule has 1 unspecified atom stereocenters. The van der Waals surface area contributed by atoms with Crippen molar-refractivity contribution in [2.45, 2.75) is 25.5 Å². The van der Waals surface area contributed by atoms with Crippen LogP contribution in [0.4, 0.5) is 0 Å². The Kier molecular flexibility index (Phi) is 3.42. The van der Waals surface area contributed by atoms with E-state index in [1.165, 1.54) is 0 Å². The van der Waals surface area contributed by atoms with Crippen LogP contribution in [0, 0.1) is 0 Å². The van der Waals surface area contributed by atoms with Crippen LogP contribution in [-0.2, 0) is 6.54 Å². The Hall–Kier alpha value is -1.04. The first-order chi connectivity index (χ1) is 7.96. The van der Waals surface area contributed by atoms with Crippen LogP contribution in [-0.4, -0.2) is 38.7 Å². The molecule has 4 nitrogen and oxygen atoms in total. The molecule has 0 spiro atoms. The van der Waals surface area contributed by atoms with Gasteiger partial charge in [0.2, 0.25) is 0 Å². The molecule has 5 heteroatoms. The Labute approximate surface area is 106 Å². The van der Waals surface area contributed by atoms with Crippen molar-refractivity contribution in [2.75, 3.05) is 13.1 Å². The molecule has 1 aromatic rings. The molecule has 2 heterocycles. The van der Waals surface area contributed by atoms with Gasteiger partial charge in [0.25, 0.3) is 0 Å². The minimum Gasteiger partial charge on any atom is -0.389 e. The number of β-amino-alcohol motifs (C(OH)–C–C–N with tert-alkyl or cyclic N) is 1. The fraction of sp³-hybridized carbons (Fsp3) is 0.500. The predicted octanol–water partition coefficient (Wildman–Crippen LogP) is 0.673. The molecule has 3 N–H and O–H groups in total. The molecule has 1 atom stereocenters. The van der Waals surface area contributed by atoms with Gasteiger partial charge in [-0.05, 0) is 31.0 Å². The number of thiocarbonyl (C=S) groups is 1. The maximum atomic E-state index is 9.89. The van der Waals surface area contributed by atoms with Gasteiger partial charge in [0.15, 0.2) is 0 Å². The first-order valence-electron chi connectivity index (χ1n) is 5.66. The molecule has 1 saturated heterocycles. The van der Waals surface area contributed by atoms with Gasteiger partial charge < -0.3 is 10.8 Å². The molecular weight excluding hydrogens is 234 g/mol. The maximum absolute atomic E-state index is 9.89. The Balaban J connectivity index is 2.04. The van der Waals surface area contributed by atoms with E-state index in [1.807, 2.05) is 19.1 Å². The SMILES string of the molecule is CC1(O)CCN(Cc2ccnc(C(N)=S)c2)C1. The van der Waals surface area contributed by atoms with Crippen molar-refractivity contribution >= 4 is 17.2 Å². The zero-order valence-corrected chi connectivity index (χ0v) is 10.7. The van der Waals surface area contributed by atoms with Crippen LogP contribution < -0.4 is 5.73 Å². The summed E-state index contributed by atoms with van der Waals surface area (Å²) in [6.07, 6.45) is 2.54. The van der Waals surface area contributed by atoms with Crippen molar-refractivity contribution in [3.63, 3.8) is 0 Å². The first kappa shape index (κ1) is 12.4. The molecule has 1 aliphatic heterocycles. The average Bonchev–Trinajstić information content (AvgIpc) is 2.58. The van der Waals surface area contributed by atoms with E-state index in [-0.39, 0.29) is 0 Å². The molecule has 0 bridgehead atoms. The summed E-state index contributed by atoms with van der Waals surface area (Å²) in [5, 5.41) is 9.89. The molecule has 0 aliphatic carbocycles. The van der Waals surface area contributed by atoms with E-state index in [9.17, 15) is 5.11 Å². The molecule has 0 amide bonds. The molecule has 1 aromatic heterocycles. The maximum Gasteiger partial charge on any atom is 0.122 e. The quantitative estimate of drug-likeness (QED) is 0.773. The van der Waals surface area contributed by atoms with Crippen LogP contribution in [0.25, 0.3) is 0 Å². The highest BCUT2D eigenvalue weighted by molar-refractivity contribution is 7.80. The number of hydrogen-bond acceptors (Lipinski definition) is 4. The first-order valence-corrected chi connectivity index (χ1v) is 6.07. The van der Waals surface area contributed by atoms with Gasteiger partial charge in [-0.3, -0.25) is 9.88 Å². The van der Waals surface area contributed by atoms with Crippen LogP contribution in [0.1, 0.15) is 24.6 Å². The van der Waals surface area contributed by atoms with E-state index < -0.39 is 5.60 Å². The summed E-state index contributed by atoms with van der Waals surface area (Å²) in [6, 6.07) is 3.87. The summed E-state index contributed by atoms with van der Waals surface area (Å²) >= 11 is 4.90. The van der Waals surface area contributed by atoms with E-state index in [1.54, 1.807) is 6.20 Å². The number of nitrogens with two attached hydrogens (primary N) is 1. The summed E-state index contributed by atoms with van der Waals surface area (Å²) in [5.41, 5.74) is 6.77. The smallest absolute Gasteiger partial charge is 0.122 e. The summed E-state index contributed by atoms with van der Waals surface area (Å²) in [4.78, 5) is 6.65. The summed E-state index contributed by atoms with van der Waals surface area (Å²) in [6.45, 7) is 4.30. The Morgan fingerprint density at radius 3 is 3.06 bits per heavy atom. The minimum absolute atomic E-state index is 0.320. The molecule has 1 aliphatic rings. The van der Waals surface area contributed by atoms with Gasteiger partial charge in [-0.25, -0.2) is 0 Å². The zero-order chi connectivity index (χ0) is 12.5. The van der Waals surface area contributed by atoms with Gasteiger partial charge in [0.05, 0.1) is 11.3 Å². The highest BCUT2D eigenvalue weighted by Gasteiger charge is 2.30. The van der Waals surface area contributed by atoms with Crippen LogP contribution in [0.2, 0.25) is 0 Å². The molecule has 0 aromatic carbocycles. The van der Waals surface area contributed by atoms with Crippen molar-refractivity contribution < 1.29 is 5.11 Å². The van der Waals surface area contributed by atoms with E-state index in [0.29, 0.717) is 17.2 Å². The second-order valence-electron chi connectivity index (χ2n) is 4.87. The van der Waals surface area contributed by atoms with Crippen molar-refractivity contribution in [1.29, 1.82) is 0 Å². The van der Waals surface area contributed by atoms with E-state index in [4.69, 9.17) is 18.0 Å². The van der Waals surface area contributed by atoms with Crippen molar-refractivity contribution in [1.82, 2.24) is 9.88 Å². The van der Waals surface area contributed by atoms with Gasteiger partial charge in [0, 0.05) is 25.8 Å². The molecular formula is C12H17N3OS. The van der Waals surface area contributed by atoms with Crippen LogP contribution >= 0.6 is 12.2 Å². The Morgan fingerprint density at radius 1 is 1.71 bits per heavy atom. The summed E-state index contributed by atoms with van der Waals surface area (Å²) in [7, 11) is 0. The average molecular weight is 251 g/mol. The molecule has 2 rings (SSSR count). The number of aliphatic hydroxyl groups is 1. The number of likely N-dealkylation sites (tertiary alicyclic amines) is 1. The standard InChI is InChI=1S/C12H17N3OS/c1-12(16)3-5-15(8-12)7-9-2-4-14-10(6-9)11(13)17/h2,4,6,16H,3,5,7-8H2,1H3,(H2,13,17). The molecule has 1 fully saturated rings. The highest BCUT2D eigenvalue weighted by atomic mass is 32.1. The number of aromatic nitrogens is 1. The van der Waals surface area contributed by atoms with Gasteiger partial charge in [0.1, 0.15) is 4.99 Å². The van der Waals surface area contributed by atoms with Crippen LogP contribution in [0.15, 0.2) is 18.3 Å². The predicted molar refractivity (Wildman–Crippen MR) is 70.6 cm³/mol. The van der Waals surface area contributed by atoms with Gasteiger partial charge in [-0.15, -0.1) is 0 Å². The zero-order valence-electron chi connectivity index (χ0n) is 9.89. The Morgan fingerprint density at radius 2 is 2.47 bits per heavy atom. The lowest BCUT2D eigenvalue weighted by Crippen LogP contribution is -2.29. The second kappa shape index (κ2) is 4.68. The van der Waals surface area contributed by atoms with E-state index in [2.05, 4.69) is 9.88 Å². The Bertz CT molecular complexity index is 434. The third kappa shape index (κ3) is 3.21. The van der Waals surface area contributed by atoms with Gasteiger partial charge >= 0.3 is 0 Å². The lowest BCUT2D eigenvalue weighted by Gasteiger charge is -2.18. The third-order valence-electron chi connectivity index (χ3n) is 3.01. The molecule has 92 valence electrons. The third-order valence-corrected chi connectivity index (χ3v) is 3.22. The lowest BCUT2D eigenvalue weighted by atomic mass is 10.1. The number of hydrogen-bond donors (Lipinski definition) is 2. The van der Waals surface area contributed by atoms with Crippen molar-refractivity contribution in [3.8, 4) is 0 Å². The summed E-state index contributed by atoms with van der Waals surface area (Å²) in [5.74, 6) is 0. The van der Waals surface area contributed by atoms with Crippen LogP contribution in [0.3, 0.4) is 0 Å². The molecule has 17 heavy (non-hydrogen) atoms. The number of nitrogens with zero attached hydrogens (tertiary/aromatic N) is 2. The van der Waals surface area contributed by atoms with Crippen molar-refractivity contribution in [3.05, 3.63) is 29.6 Å². The summed E-state index contributed by atoms with van der Waals surface area (Å²) < 4.78 is 0. The normalized spacial score (nSPS) is 25.1. The fourth-order valence-electron chi connectivity index (χ4n) is 2.14. The topological polar surface area (TPSA) is 62.4 Å². The largest absolute Gasteiger partial charge is 0.389 e. The molecule has 0 radical (unpaired) electrons. The minimum atomic E-state index is -0.557. The van der Waals surface area contributed by atoms with Gasteiger partial charge in [-0.2, -0.15) is 0 Å². The molecule has 0 saturated carbocycles. The second-order valence-corrected chi connectivity index (χ2v) is 5.31. The van der Waals surface area contributed by atoms with E-state index >= 15 is 0 Å². The lowest BCUT2D eigenvalue weighted by molar-refractivity contribution is 0.0679.